The number of esters is 1. The monoisotopic (exact) mass is 576 g/mol. The quantitative estimate of drug-likeness (QED) is 0.163. The van der Waals surface area contributed by atoms with Crippen LogP contribution in [0.25, 0.3) is 0 Å². The highest BCUT2D eigenvalue weighted by Gasteiger charge is 2.76. The SMILES string of the molecule is C=CCCOC(=O)[C@@H]1[C@@H]2CC(C)C3(S2)C(C(=O)N(CC=C)C(C)(C)CC(C)(C)C)N(CCCCCCO)C(=O)[C@H]13. The Morgan fingerprint density at radius 3 is 2.42 bits per heavy atom. The fourth-order valence-electron chi connectivity index (χ4n) is 7.70. The van der Waals surface area contributed by atoms with Gasteiger partial charge in [-0.25, -0.2) is 0 Å². The van der Waals surface area contributed by atoms with Gasteiger partial charge in [0.2, 0.25) is 11.8 Å². The van der Waals surface area contributed by atoms with Crippen LogP contribution in [0, 0.1) is 23.2 Å². The number of hydrogen-bond acceptors (Lipinski definition) is 6. The van der Waals surface area contributed by atoms with Gasteiger partial charge in [-0.2, -0.15) is 0 Å². The Labute approximate surface area is 246 Å². The molecule has 2 bridgehead atoms. The second kappa shape index (κ2) is 13.0. The van der Waals surface area contributed by atoms with E-state index in [1.807, 2.05) is 9.80 Å². The Balaban J connectivity index is 2.03. The molecular weight excluding hydrogens is 524 g/mol. The van der Waals surface area contributed by atoms with Crippen LogP contribution < -0.4 is 0 Å². The maximum absolute atomic E-state index is 14.8. The third-order valence-corrected chi connectivity index (χ3v) is 11.0. The van der Waals surface area contributed by atoms with Crippen LogP contribution in [0.4, 0.5) is 0 Å². The molecule has 3 aliphatic rings. The molecule has 3 heterocycles. The number of nitrogens with zero attached hydrogens (tertiary/aromatic N) is 2. The first-order valence-corrected chi connectivity index (χ1v) is 15.9. The molecule has 7 nitrogen and oxygen atoms in total. The number of thioether (sulfide) groups is 1. The van der Waals surface area contributed by atoms with Crippen LogP contribution in [0.5, 0.6) is 0 Å². The minimum Gasteiger partial charge on any atom is -0.465 e. The summed E-state index contributed by atoms with van der Waals surface area (Å²) in [6.45, 7) is 21.8. The van der Waals surface area contributed by atoms with Gasteiger partial charge in [0.25, 0.3) is 0 Å². The van der Waals surface area contributed by atoms with Crippen molar-refractivity contribution in [3.8, 4) is 0 Å². The molecule has 2 amide bonds. The Bertz CT molecular complexity index is 959. The lowest BCUT2D eigenvalue weighted by atomic mass is 9.66. The van der Waals surface area contributed by atoms with Crippen LogP contribution in [0.15, 0.2) is 25.3 Å². The number of carbonyl (C=O) groups excluding carboxylic acids is 3. The maximum Gasteiger partial charge on any atom is 0.310 e. The molecule has 1 N–H and O–H groups in total. The van der Waals surface area contributed by atoms with Crippen LogP contribution >= 0.6 is 11.8 Å². The molecule has 3 saturated heterocycles. The number of hydrogen-bond donors (Lipinski definition) is 1. The Hall–Kier alpha value is -1.80. The Morgan fingerprint density at radius 2 is 1.82 bits per heavy atom. The molecule has 0 aromatic heterocycles. The van der Waals surface area contributed by atoms with Crippen LogP contribution in [-0.2, 0) is 19.1 Å². The summed E-state index contributed by atoms with van der Waals surface area (Å²) >= 11 is 1.69. The zero-order chi connectivity index (χ0) is 29.9. The van der Waals surface area contributed by atoms with E-state index in [-0.39, 0.29) is 47.6 Å². The van der Waals surface area contributed by atoms with E-state index in [0.717, 1.165) is 38.5 Å². The van der Waals surface area contributed by atoms with Crippen molar-refractivity contribution in [1.82, 2.24) is 9.80 Å². The van der Waals surface area contributed by atoms with Crippen molar-refractivity contribution in [3.05, 3.63) is 25.3 Å². The third-order valence-electron chi connectivity index (χ3n) is 8.90. The molecule has 6 atom stereocenters. The van der Waals surface area contributed by atoms with Gasteiger partial charge in [0, 0.05) is 30.5 Å². The number of carbonyl (C=O) groups is 3. The average molecular weight is 577 g/mol. The van der Waals surface area contributed by atoms with E-state index in [2.05, 4.69) is 54.7 Å². The molecule has 3 aliphatic heterocycles. The van der Waals surface area contributed by atoms with Crippen LogP contribution in [0.2, 0.25) is 0 Å². The zero-order valence-electron chi connectivity index (χ0n) is 25.6. The Kier molecular flexibility index (Phi) is 10.6. The lowest BCUT2D eigenvalue weighted by Crippen LogP contribution is -2.61. The lowest BCUT2D eigenvalue weighted by Gasteiger charge is -2.46. The van der Waals surface area contributed by atoms with E-state index >= 15 is 0 Å². The summed E-state index contributed by atoms with van der Waals surface area (Å²) in [5.41, 5.74) is -0.461. The fourth-order valence-corrected chi connectivity index (χ4v) is 10.1. The van der Waals surface area contributed by atoms with Gasteiger partial charge in [-0.3, -0.25) is 14.4 Å². The van der Waals surface area contributed by atoms with E-state index in [0.29, 0.717) is 19.5 Å². The molecule has 3 unspecified atom stereocenters. The second-order valence-electron chi connectivity index (χ2n) is 13.8. The first-order chi connectivity index (χ1) is 18.8. The summed E-state index contributed by atoms with van der Waals surface area (Å²) in [6, 6.07) is -0.641. The fraction of sp³-hybridized carbons (Fsp3) is 0.781. The molecule has 40 heavy (non-hydrogen) atoms. The van der Waals surface area contributed by atoms with Crippen molar-refractivity contribution in [2.24, 2.45) is 23.2 Å². The van der Waals surface area contributed by atoms with E-state index in [4.69, 9.17) is 4.74 Å². The van der Waals surface area contributed by atoms with Gasteiger partial charge in [0.05, 0.1) is 23.2 Å². The van der Waals surface area contributed by atoms with Crippen LogP contribution in [0.1, 0.15) is 86.5 Å². The maximum atomic E-state index is 14.8. The van der Waals surface area contributed by atoms with Crippen molar-refractivity contribution in [2.75, 3.05) is 26.3 Å². The lowest BCUT2D eigenvalue weighted by molar-refractivity contribution is -0.154. The minimum absolute atomic E-state index is 0.00391. The predicted octanol–water partition coefficient (Wildman–Crippen LogP) is 5.23. The standard InChI is InChI=1S/C32H52N2O5S/c1-9-11-19-39-29(38)24-23-20-22(3)32(40-23)25(24)27(36)33(17-14-12-13-15-18-35)26(32)28(37)34(16-10-2)31(7,8)21-30(4,5)6/h9-10,22-26,35H,1-2,11-21H2,3-8H3/t22?,23-,24+,25-,26?,32?/m0/s1. The molecule has 0 aromatic rings. The van der Waals surface area contributed by atoms with E-state index in [1.165, 1.54) is 0 Å². The zero-order valence-corrected chi connectivity index (χ0v) is 26.4. The first-order valence-electron chi connectivity index (χ1n) is 15.1. The van der Waals surface area contributed by atoms with Gasteiger partial charge < -0.3 is 19.6 Å². The number of fused-ring (bicyclic) bond motifs is 1. The van der Waals surface area contributed by atoms with E-state index in [1.54, 1.807) is 23.9 Å². The van der Waals surface area contributed by atoms with Crippen molar-refractivity contribution >= 4 is 29.5 Å². The van der Waals surface area contributed by atoms with Crippen LogP contribution in [0.3, 0.4) is 0 Å². The highest BCUT2D eigenvalue weighted by molar-refractivity contribution is 8.02. The molecule has 0 aliphatic carbocycles. The molecule has 0 radical (unpaired) electrons. The average Bonchev–Trinajstić information content (AvgIpc) is 3.44. The molecule has 0 saturated carbocycles. The van der Waals surface area contributed by atoms with E-state index in [9.17, 15) is 19.5 Å². The molecule has 8 heteroatoms. The smallest absolute Gasteiger partial charge is 0.310 e. The molecule has 0 aromatic carbocycles. The topological polar surface area (TPSA) is 87.2 Å². The molecule has 3 fully saturated rings. The summed E-state index contributed by atoms with van der Waals surface area (Å²) in [5, 5.41) is 9.16. The summed E-state index contributed by atoms with van der Waals surface area (Å²) in [7, 11) is 0. The number of aliphatic hydroxyl groups is 1. The molecule has 1 spiro atoms. The first kappa shape index (κ1) is 32.7. The summed E-state index contributed by atoms with van der Waals surface area (Å²) in [6.07, 6.45) is 8.86. The van der Waals surface area contributed by atoms with Gasteiger partial charge in [-0.1, -0.05) is 52.7 Å². The summed E-state index contributed by atoms with van der Waals surface area (Å²) in [5.74, 6) is -1.44. The Morgan fingerprint density at radius 1 is 1.15 bits per heavy atom. The van der Waals surface area contributed by atoms with Crippen LogP contribution in [-0.4, -0.2) is 80.6 Å². The summed E-state index contributed by atoms with van der Waals surface area (Å²) < 4.78 is 4.97. The van der Waals surface area contributed by atoms with Crippen molar-refractivity contribution in [3.63, 3.8) is 0 Å². The number of likely N-dealkylation sites (tertiary alicyclic amines) is 1. The number of unbranched alkanes of at least 4 members (excludes halogenated alkanes) is 3. The van der Waals surface area contributed by atoms with Gasteiger partial charge in [0.1, 0.15) is 6.04 Å². The van der Waals surface area contributed by atoms with Crippen molar-refractivity contribution in [2.45, 2.75) is 108 Å². The number of amides is 2. The van der Waals surface area contributed by atoms with Gasteiger partial charge in [-0.05, 0) is 57.3 Å². The highest BCUT2D eigenvalue weighted by atomic mass is 32.2. The molecule has 226 valence electrons. The van der Waals surface area contributed by atoms with Gasteiger partial charge in [0.15, 0.2) is 0 Å². The normalized spacial score (nSPS) is 29.4. The minimum atomic E-state index is -0.663. The van der Waals surface area contributed by atoms with E-state index < -0.39 is 28.2 Å². The molecular formula is C32H52N2O5S. The van der Waals surface area contributed by atoms with Gasteiger partial charge >= 0.3 is 5.97 Å². The summed E-state index contributed by atoms with van der Waals surface area (Å²) in [4.78, 5) is 46.3. The number of aliphatic hydroxyl groups excluding tert-OH is 1. The number of ether oxygens (including phenoxy) is 1. The van der Waals surface area contributed by atoms with Gasteiger partial charge in [-0.15, -0.1) is 24.9 Å². The number of rotatable bonds is 15. The molecule has 3 rings (SSSR count). The largest absolute Gasteiger partial charge is 0.465 e. The van der Waals surface area contributed by atoms with Crippen molar-refractivity contribution in [1.29, 1.82) is 0 Å². The highest BCUT2D eigenvalue weighted by Crippen LogP contribution is 2.69. The predicted molar refractivity (Wildman–Crippen MR) is 162 cm³/mol. The second-order valence-corrected chi connectivity index (χ2v) is 15.3. The van der Waals surface area contributed by atoms with Crippen molar-refractivity contribution < 1.29 is 24.2 Å². The third kappa shape index (κ3) is 6.33.